The van der Waals surface area contributed by atoms with Crippen LogP contribution in [0.4, 0.5) is 5.69 Å². The van der Waals surface area contributed by atoms with Crippen molar-refractivity contribution in [2.45, 2.75) is 0 Å². The van der Waals surface area contributed by atoms with Gasteiger partial charge in [-0.3, -0.25) is 9.79 Å². The van der Waals surface area contributed by atoms with Crippen molar-refractivity contribution in [1.29, 1.82) is 0 Å². The molecular formula is C23H21N3O3. The van der Waals surface area contributed by atoms with Crippen molar-refractivity contribution in [3.05, 3.63) is 89.5 Å². The van der Waals surface area contributed by atoms with Crippen molar-refractivity contribution < 1.29 is 14.3 Å². The van der Waals surface area contributed by atoms with Gasteiger partial charge in [0.25, 0.3) is 5.91 Å². The molecule has 0 aliphatic rings. The molecule has 0 unspecified atom stereocenters. The Kier molecular flexibility index (Phi) is 6.73. The van der Waals surface area contributed by atoms with Crippen molar-refractivity contribution in [1.82, 2.24) is 5.43 Å². The fourth-order valence-electron chi connectivity index (χ4n) is 2.53. The van der Waals surface area contributed by atoms with Crippen LogP contribution in [0, 0.1) is 0 Å². The molecule has 3 aromatic carbocycles. The number of carbonyl (C=O) groups excluding carboxylic acids is 1. The van der Waals surface area contributed by atoms with Crippen molar-refractivity contribution in [2.75, 3.05) is 14.2 Å². The molecule has 0 atom stereocenters. The van der Waals surface area contributed by atoms with Crippen LogP contribution in [-0.2, 0) is 0 Å². The van der Waals surface area contributed by atoms with Gasteiger partial charge in [-0.05, 0) is 71.8 Å². The smallest absolute Gasteiger partial charge is 0.273 e. The number of nitrogens with zero attached hydrogens (tertiary/aromatic N) is 2. The summed E-state index contributed by atoms with van der Waals surface area (Å²) in [6.07, 6.45) is 3.27. The number of ether oxygens (including phenoxy) is 2. The van der Waals surface area contributed by atoms with E-state index in [2.05, 4.69) is 15.5 Å². The number of amides is 1. The Morgan fingerprint density at radius 3 is 1.93 bits per heavy atom. The summed E-state index contributed by atoms with van der Waals surface area (Å²) in [4.78, 5) is 17.0. The number of aliphatic imine (C=N–C) groups is 1. The minimum Gasteiger partial charge on any atom is -0.497 e. The van der Waals surface area contributed by atoms with Gasteiger partial charge in [-0.2, -0.15) is 5.10 Å². The van der Waals surface area contributed by atoms with Crippen LogP contribution in [0.2, 0.25) is 0 Å². The first-order valence-corrected chi connectivity index (χ1v) is 8.94. The highest BCUT2D eigenvalue weighted by molar-refractivity contribution is 6.00. The first kappa shape index (κ1) is 19.8. The first-order valence-electron chi connectivity index (χ1n) is 8.94. The number of para-hydroxylation sites is 1. The molecule has 0 aromatic heterocycles. The van der Waals surface area contributed by atoms with E-state index in [1.807, 2.05) is 54.6 Å². The van der Waals surface area contributed by atoms with E-state index in [1.165, 1.54) is 0 Å². The molecule has 0 aliphatic carbocycles. The quantitative estimate of drug-likeness (QED) is 0.487. The summed E-state index contributed by atoms with van der Waals surface area (Å²) in [5.74, 6) is 1.20. The van der Waals surface area contributed by atoms with Crippen molar-refractivity contribution in [3.63, 3.8) is 0 Å². The molecule has 0 fully saturated rings. The summed E-state index contributed by atoms with van der Waals surface area (Å²) >= 11 is 0. The molecular weight excluding hydrogens is 366 g/mol. The van der Waals surface area contributed by atoms with Crippen molar-refractivity contribution in [2.24, 2.45) is 10.1 Å². The third-order valence-corrected chi connectivity index (χ3v) is 4.11. The molecule has 3 aromatic rings. The number of benzene rings is 3. The van der Waals surface area contributed by atoms with Gasteiger partial charge in [-0.15, -0.1) is 0 Å². The highest BCUT2D eigenvalue weighted by Gasteiger charge is 2.09. The van der Waals surface area contributed by atoms with Crippen LogP contribution in [0.5, 0.6) is 11.5 Å². The maximum absolute atomic E-state index is 12.5. The number of nitrogens with one attached hydrogen (secondary N) is 1. The maximum Gasteiger partial charge on any atom is 0.273 e. The summed E-state index contributed by atoms with van der Waals surface area (Å²) in [5, 5.41) is 4.02. The van der Waals surface area contributed by atoms with Gasteiger partial charge in [0.05, 0.1) is 31.7 Å². The number of methoxy groups -OCH3 is 2. The van der Waals surface area contributed by atoms with E-state index in [4.69, 9.17) is 9.47 Å². The summed E-state index contributed by atoms with van der Waals surface area (Å²) in [6, 6.07) is 21.9. The Balaban J connectivity index is 1.68. The number of rotatable bonds is 7. The lowest BCUT2D eigenvalue weighted by Crippen LogP contribution is -2.17. The van der Waals surface area contributed by atoms with Gasteiger partial charge < -0.3 is 9.47 Å². The molecule has 0 saturated heterocycles. The highest BCUT2D eigenvalue weighted by Crippen LogP contribution is 2.19. The molecule has 6 heteroatoms. The van der Waals surface area contributed by atoms with Gasteiger partial charge in [-0.1, -0.05) is 12.1 Å². The van der Waals surface area contributed by atoms with Crippen LogP contribution in [0.15, 0.2) is 82.9 Å². The average molecular weight is 387 g/mol. The second kappa shape index (κ2) is 9.85. The molecule has 0 aliphatic heterocycles. The van der Waals surface area contributed by atoms with Crippen LogP contribution in [0.25, 0.3) is 0 Å². The number of hydrogen-bond donors (Lipinski definition) is 1. The average Bonchev–Trinajstić information content (AvgIpc) is 2.78. The second-order valence-electron chi connectivity index (χ2n) is 6.02. The fourth-order valence-corrected chi connectivity index (χ4v) is 2.53. The van der Waals surface area contributed by atoms with Gasteiger partial charge in [-0.25, -0.2) is 5.43 Å². The summed E-state index contributed by atoms with van der Waals surface area (Å²) < 4.78 is 10.3. The zero-order valence-corrected chi connectivity index (χ0v) is 16.2. The summed E-state index contributed by atoms with van der Waals surface area (Å²) in [7, 11) is 3.23. The second-order valence-corrected chi connectivity index (χ2v) is 6.02. The SMILES string of the molecule is COc1ccc(C=NNC(=O)c2ccccc2N=Cc2ccc(OC)cc2)cc1. The first-order chi connectivity index (χ1) is 14.2. The number of hydrogen-bond acceptors (Lipinski definition) is 5. The van der Waals surface area contributed by atoms with Gasteiger partial charge in [0.15, 0.2) is 0 Å². The van der Waals surface area contributed by atoms with Gasteiger partial charge in [0.1, 0.15) is 11.5 Å². The lowest BCUT2D eigenvalue weighted by atomic mass is 10.1. The van der Waals surface area contributed by atoms with Crippen LogP contribution >= 0.6 is 0 Å². The van der Waals surface area contributed by atoms with Crippen LogP contribution in [0.1, 0.15) is 21.5 Å². The van der Waals surface area contributed by atoms with E-state index in [9.17, 15) is 4.79 Å². The topological polar surface area (TPSA) is 72.3 Å². The zero-order valence-electron chi connectivity index (χ0n) is 16.2. The molecule has 0 bridgehead atoms. The molecule has 146 valence electrons. The van der Waals surface area contributed by atoms with E-state index in [0.717, 1.165) is 22.6 Å². The molecule has 3 rings (SSSR count). The predicted molar refractivity (Wildman–Crippen MR) is 115 cm³/mol. The standard InChI is InChI=1S/C23H21N3O3/c1-28-19-11-7-17(8-12-19)15-24-22-6-4-3-5-21(22)23(27)26-25-16-18-9-13-20(29-2)14-10-18/h3-16H,1-2H3,(H,26,27). The Morgan fingerprint density at radius 2 is 1.34 bits per heavy atom. The van der Waals surface area contributed by atoms with Gasteiger partial charge in [0.2, 0.25) is 0 Å². The zero-order chi connectivity index (χ0) is 20.5. The Hall–Kier alpha value is -3.93. The third-order valence-electron chi connectivity index (χ3n) is 4.11. The van der Waals surface area contributed by atoms with Gasteiger partial charge in [0, 0.05) is 6.21 Å². The highest BCUT2D eigenvalue weighted by atomic mass is 16.5. The van der Waals surface area contributed by atoms with Crippen LogP contribution in [0.3, 0.4) is 0 Å². The molecule has 0 radical (unpaired) electrons. The Labute approximate surface area is 169 Å². The lowest BCUT2D eigenvalue weighted by Gasteiger charge is -2.04. The normalized spacial score (nSPS) is 11.0. The minimum atomic E-state index is -0.336. The summed E-state index contributed by atoms with van der Waals surface area (Å²) in [5.41, 5.74) is 5.27. The Morgan fingerprint density at radius 1 is 0.793 bits per heavy atom. The molecule has 0 saturated carbocycles. The van der Waals surface area contributed by atoms with E-state index in [1.54, 1.807) is 44.8 Å². The predicted octanol–water partition coefficient (Wildman–Crippen LogP) is 4.22. The molecule has 1 N–H and O–H groups in total. The molecule has 1 amide bonds. The lowest BCUT2D eigenvalue weighted by molar-refractivity contribution is 0.0956. The monoisotopic (exact) mass is 387 g/mol. The third kappa shape index (κ3) is 5.52. The van der Waals surface area contributed by atoms with Crippen molar-refractivity contribution >= 4 is 24.0 Å². The number of carbonyl (C=O) groups is 1. The Bertz CT molecular complexity index is 1010. The largest absolute Gasteiger partial charge is 0.497 e. The fraction of sp³-hybridized carbons (Fsp3) is 0.0870. The van der Waals surface area contributed by atoms with Crippen LogP contribution in [-0.4, -0.2) is 32.6 Å². The molecule has 6 nitrogen and oxygen atoms in total. The maximum atomic E-state index is 12.5. The van der Waals surface area contributed by atoms with Crippen molar-refractivity contribution in [3.8, 4) is 11.5 Å². The molecule has 0 spiro atoms. The van der Waals surface area contributed by atoms with Gasteiger partial charge >= 0.3 is 0 Å². The van der Waals surface area contributed by atoms with E-state index >= 15 is 0 Å². The van der Waals surface area contributed by atoms with E-state index in [0.29, 0.717) is 11.3 Å². The van der Waals surface area contributed by atoms with Crippen LogP contribution < -0.4 is 14.9 Å². The minimum absolute atomic E-state index is 0.336. The van der Waals surface area contributed by atoms with E-state index in [-0.39, 0.29) is 5.91 Å². The summed E-state index contributed by atoms with van der Waals surface area (Å²) in [6.45, 7) is 0. The number of hydrazone groups is 1. The molecule has 0 heterocycles. The van der Waals surface area contributed by atoms with E-state index < -0.39 is 0 Å². The molecule has 29 heavy (non-hydrogen) atoms.